The first kappa shape index (κ1) is 13.5. The molecule has 1 unspecified atom stereocenters. The number of hydrogen-bond acceptors (Lipinski definition) is 4. The van der Waals surface area contributed by atoms with Crippen molar-refractivity contribution in [3.63, 3.8) is 0 Å². The molecule has 0 aromatic carbocycles. The Kier molecular flexibility index (Phi) is 4.13. The van der Waals surface area contributed by atoms with Gasteiger partial charge in [-0.3, -0.25) is 14.7 Å². The largest absolute Gasteiger partial charge is 0.357 e. The highest BCUT2D eigenvalue weighted by Crippen LogP contribution is 2.19. The van der Waals surface area contributed by atoms with Crippen LogP contribution in [-0.4, -0.2) is 51.5 Å². The SMILES string of the molecule is CCCc1nc(C(=O)N2CCCC2C(=O)NC)n[nH]1. The lowest BCUT2D eigenvalue weighted by atomic mass is 10.2. The van der Waals surface area contributed by atoms with Crippen LogP contribution in [0.3, 0.4) is 0 Å². The summed E-state index contributed by atoms with van der Waals surface area (Å²) in [6.45, 7) is 2.61. The molecule has 19 heavy (non-hydrogen) atoms. The fraction of sp³-hybridized carbons (Fsp3) is 0.667. The molecule has 1 atom stereocenters. The van der Waals surface area contributed by atoms with Gasteiger partial charge in [-0.1, -0.05) is 6.92 Å². The van der Waals surface area contributed by atoms with Crippen molar-refractivity contribution < 1.29 is 9.59 Å². The van der Waals surface area contributed by atoms with Gasteiger partial charge in [0.05, 0.1) is 0 Å². The van der Waals surface area contributed by atoms with Crippen molar-refractivity contribution in [1.82, 2.24) is 25.4 Å². The van der Waals surface area contributed by atoms with Crippen LogP contribution < -0.4 is 5.32 Å². The van der Waals surface area contributed by atoms with Crippen molar-refractivity contribution in [3.05, 3.63) is 11.6 Å². The van der Waals surface area contributed by atoms with Crippen molar-refractivity contribution in [2.75, 3.05) is 13.6 Å². The zero-order chi connectivity index (χ0) is 13.8. The Labute approximate surface area is 111 Å². The topological polar surface area (TPSA) is 91.0 Å². The minimum absolute atomic E-state index is 0.129. The fourth-order valence-electron chi connectivity index (χ4n) is 2.32. The van der Waals surface area contributed by atoms with Crippen molar-refractivity contribution in [3.8, 4) is 0 Å². The molecule has 1 aromatic rings. The Morgan fingerprint density at radius 3 is 3.00 bits per heavy atom. The maximum atomic E-state index is 12.3. The Balaban J connectivity index is 2.11. The number of aryl methyl sites for hydroxylation is 1. The number of likely N-dealkylation sites (tertiary alicyclic amines) is 1. The van der Waals surface area contributed by atoms with Gasteiger partial charge >= 0.3 is 0 Å². The first-order chi connectivity index (χ1) is 9.17. The van der Waals surface area contributed by atoms with Crippen LogP contribution in [0.2, 0.25) is 0 Å². The first-order valence-electron chi connectivity index (χ1n) is 6.61. The predicted octanol–water partition coefficient (Wildman–Crippen LogP) is 0.108. The van der Waals surface area contributed by atoms with Crippen LogP contribution in [0.4, 0.5) is 0 Å². The van der Waals surface area contributed by atoms with E-state index >= 15 is 0 Å². The van der Waals surface area contributed by atoms with Crippen LogP contribution in [0.1, 0.15) is 42.6 Å². The van der Waals surface area contributed by atoms with E-state index in [4.69, 9.17) is 0 Å². The number of H-pyrrole nitrogens is 1. The summed E-state index contributed by atoms with van der Waals surface area (Å²) >= 11 is 0. The molecular weight excluding hydrogens is 246 g/mol. The Hall–Kier alpha value is -1.92. The van der Waals surface area contributed by atoms with Crippen LogP contribution in [0.5, 0.6) is 0 Å². The highest BCUT2D eigenvalue weighted by atomic mass is 16.2. The smallest absolute Gasteiger partial charge is 0.294 e. The average Bonchev–Trinajstić information content (AvgIpc) is 3.06. The molecule has 1 aliphatic rings. The summed E-state index contributed by atoms with van der Waals surface area (Å²) in [5.41, 5.74) is 0. The molecule has 1 aromatic heterocycles. The summed E-state index contributed by atoms with van der Waals surface area (Å²) in [4.78, 5) is 29.7. The summed E-state index contributed by atoms with van der Waals surface area (Å²) in [6.07, 6.45) is 3.22. The van der Waals surface area contributed by atoms with Gasteiger partial charge in [-0.15, -0.1) is 5.10 Å². The molecule has 7 nitrogen and oxygen atoms in total. The summed E-state index contributed by atoms with van der Waals surface area (Å²) in [5, 5.41) is 9.29. The summed E-state index contributed by atoms with van der Waals surface area (Å²) in [5.74, 6) is 0.459. The highest BCUT2D eigenvalue weighted by Gasteiger charge is 2.35. The van der Waals surface area contributed by atoms with E-state index < -0.39 is 6.04 Å². The van der Waals surface area contributed by atoms with Gasteiger partial charge in [-0.2, -0.15) is 0 Å². The molecule has 0 aliphatic carbocycles. The monoisotopic (exact) mass is 265 g/mol. The van der Waals surface area contributed by atoms with Gasteiger partial charge in [0, 0.05) is 20.0 Å². The van der Waals surface area contributed by atoms with E-state index in [9.17, 15) is 9.59 Å². The number of rotatable bonds is 4. The Bertz CT molecular complexity index is 470. The Morgan fingerprint density at radius 1 is 1.53 bits per heavy atom. The second-order valence-electron chi connectivity index (χ2n) is 4.63. The molecule has 1 fully saturated rings. The minimum Gasteiger partial charge on any atom is -0.357 e. The molecule has 0 spiro atoms. The van der Waals surface area contributed by atoms with E-state index in [1.165, 1.54) is 0 Å². The van der Waals surface area contributed by atoms with Crippen molar-refractivity contribution in [2.24, 2.45) is 0 Å². The van der Waals surface area contributed by atoms with Gasteiger partial charge in [-0.05, 0) is 19.3 Å². The van der Waals surface area contributed by atoms with E-state index in [-0.39, 0.29) is 17.6 Å². The van der Waals surface area contributed by atoms with E-state index in [1.807, 2.05) is 6.92 Å². The maximum absolute atomic E-state index is 12.3. The molecule has 2 amide bonds. The minimum atomic E-state index is -0.398. The lowest BCUT2D eigenvalue weighted by Crippen LogP contribution is -2.45. The molecule has 7 heteroatoms. The van der Waals surface area contributed by atoms with Gasteiger partial charge in [-0.25, -0.2) is 4.98 Å². The van der Waals surface area contributed by atoms with Gasteiger partial charge < -0.3 is 10.2 Å². The molecule has 0 bridgehead atoms. The Morgan fingerprint density at radius 2 is 2.32 bits per heavy atom. The third-order valence-corrected chi connectivity index (χ3v) is 3.27. The van der Waals surface area contributed by atoms with Crippen LogP contribution in [0, 0.1) is 0 Å². The van der Waals surface area contributed by atoms with Gasteiger partial charge in [0.25, 0.3) is 5.91 Å². The quantitative estimate of drug-likeness (QED) is 0.808. The van der Waals surface area contributed by atoms with E-state index in [2.05, 4.69) is 20.5 Å². The van der Waals surface area contributed by atoms with E-state index in [1.54, 1.807) is 11.9 Å². The summed E-state index contributed by atoms with van der Waals surface area (Å²) in [7, 11) is 1.58. The third kappa shape index (κ3) is 2.74. The normalized spacial score (nSPS) is 18.6. The zero-order valence-electron chi connectivity index (χ0n) is 11.3. The predicted molar refractivity (Wildman–Crippen MR) is 68.5 cm³/mol. The molecule has 0 radical (unpaired) electrons. The number of aromatic nitrogens is 3. The van der Waals surface area contributed by atoms with E-state index in [0.717, 1.165) is 19.3 Å². The van der Waals surface area contributed by atoms with E-state index in [0.29, 0.717) is 18.8 Å². The molecule has 2 rings (SSSR count). The molecule has 2 heterocycles. The maximum Gasteiger partial charge on any atom is 0.294 e. The number of amides is 2. The van der Waals surface area contributed by atoms with Gasteiger partial charge in [0.2, 0.25) is 11.7 Å². The molecule has 0 saturated carbocycles. The van der Waals surface area contributed by atoms with Crippen LogP contribution >= 0.6 is 0 Å². The molecule has 1 aliphatic heterocycles. The molecule has 2 N–H and O–H groups in total. The summed E-state index contributed by atoms with van der Waals surface area (Å²) < 4.78 is 0. The zero-order valence-corrected chi connectivity index (χ0v) is 11.3. The van der Waals surface area contributed by atoms with Crippen LogP contribution in [0.25, 0.3) is 0 Å². The van der Waals surface area contributed by atoms with Crippen molar-refractivity contribution in [1.29, 1.82) is 0 Å². The molecular formula is C12H19N5O2. The highest BCUT2D eigenvalue weighted by molar-refractivity contribution is 5.95. The number of carbonyl (C=O) groups excluding carboxylic acids is 2. The second-order valence-corrected chi connectivity index (χ2v) is 4.63. The number of aromatic amines is 1. The number of carbonyl (C=O) groups is 2. The first-order valence-corrected chi connectivity index (χ1v) is 6.61. The average molecular weight is 265 g/mol. The lowest BCUT2D eigenvalue weighted by molar-refractivity contribution is -0.124. The second kappa shape index (κ2) is 5.81. The van der Waals surface area contributed by atoms with Crippen LogP contribution in [0.15, 0.2) is 0 Å². The van der Waals surface area contributed by atoms with Gasteiger partial charge in [0.1, 0.15) is 11.9 Å². The summed E-state index contributed by atoms with van der Waals surface area (Å²) in [6, 6.07) is -0.398. The lowest BCUT2D eigenvalue weighted by Gasteiger charge is -2.21. The van der Waals surface area contributed by atoms with Crippen molar-refractivity contribution >= 4 is 11.8 Å². The number of nitrogens with zero attached hydrogens (tertiary/aromatic N) is 3. The number of likely N-dealkylation sites (N-methyl/N-ethyl adjacent to an activating group) is 1. The molecule has 1 saturated heterocycles. The fourth-order valence-corrected chi connectivity index (χ4v) is 2.32. The van der Waals surface area contributed by atoms with Gasteiger partial charge in [0.15, 0.2) is 0 Å². The van der Waals surface area contributed by atoms with Crippen molar-refractivity contribution in [2.45, 2.75) is 38.6 Å². The van der Waals surface area contributed by atoms with Crippen LogP contribution in [-0.2, 0) is 11.2 Å². The number of hydrogen-bond donors (Lipinski definition) is 2. The molecule has 104 valence electrons. The standard InChI is InChI=1S/C12H19N5O2/c1-3-5-9-14-10(16-15-9)12(19)17-7-4-6-8(17)11(18)13-2/h8H,3-7H2,1-2H3,(H,13,18)(H,14,15,16). The number of nitrogens with one attached hydrogen (secondary N) is 2. The third-order valence-electron chi connectivity index (χ3n) is 3.27.